The molecule has 40 heavy (non-hydrogen) atoms. The Balaban J connectivity index is 1.20. The van der Waals surface area contributed by atoms with Crippen molar-refractivity contribution in [3.8, 4) is 11.4 Å². The normalized spacial score (nSPS) is 21.5. The fraction of sp³-hybridized carbons (Fsp3) is 0.500. The Hall–Kier alpha value is -4.22. The number of benzene rings is 1. The fourth-order valence-electron chi connectivity index (χ4n) is 5.40. The number of piperidine rings is 1. The van der Waals surface area contributed by atoms with Crippen molar-refractivity contribution in [2.24, 2.45) is 17.8 Å². The van der Waals surface area contributed by atoms with E-state index >= 15 is 0 Å². The van der Waals surface area contributed by atoms with Crippen LogP contribution in [0.5, 0.6) is 0 Å². The molecule has 2 saturated heterocycles. The minimum absolute atomic E-state index is 0.0844. The van der Waals surface area contributed by atoms with Crippen molar-refractivity contribution < 1.29 is 29.0 Å². The molecule has 2 aliphatic heterocycles. The summed E-state index contributed by atoms with van der Waals surface area (Å²) in [7, 11) is 0. The van der Waals surface area contributed by atoms with Gasteiger partial charge in [-0.2, -0.15) is 0 Å². The van der Waals surface area contributed by atoms with Gasteiger partial charge in [0.25, 0.3) is 5.91 Å². The van der Waals surface area contributed by atoms with Crippen LogP contribution in [0.25, 0.3) is 11.4 Å². The first-order valence-electron chi connectivity index (χ1n) is 13.8. The number of carboxylic acid groups (broad SMARTS) is 1. The van der Waals surface area contributed by atoms with Crippen LogP contribution in [0.2, 0.25) is 0 Å². The number of carbonyl (C=O) groups excluding carboxylic acids is 3. The molecule has 2 aromatic rings. The Morgan fingerprint density at radius 3 is 2.33 bits per heavy atom. The molecule has 1 unspecified atom stereocenters. The summed E-state index contributed by atoms with van der Waals surface area (Å²) in [6.45, 7) is 4.81. The highest BCUT2D eigenvalue weighted by molar-refractivity contribution is 5.96. The first-order chi connectivity index (χ1) is 19.4. The molecule has 3 fully saturated rings. The van der Waals surface area contributed by atoms with Gasteiger partial charge < -0.3 is 29.9 Å². The Morgan fingerprint density at radius 1 is 1.00 bits per heavy atom. The summed E-state index contributed by atoms with van der Waals surface area (Å²) in [5.74, 6) is -0.711. The smallest absolute Gasteiger partial charge is 0.409 e. The molecule has 0 spiro atoms. The van der Waals surface area contributed by atoms with Crippen LogP contribution in [0.15, 0.2) is 36.4 Å². The second kappa shape index (κ2) is 11.9. The van der Waals surface area contributed by atoms with Crippen molar-refractivity contribution in [2.45, 2.75) is 19.8 Å². The highest BCUT2D eigenvalue weighted by atomic mass is 16.6. The average molecular weight is 551 g/mol. The van der Waals surface area contributed by atoms with E-state index in [1.54, 1.807) is 15.9 Å². The molecule has 3 heterocycles. The summed E-state index contributed by atoms with van der Waals surface area (Å²) in [5.41, 5.74) is 0.875. The van der Waals surface area contributed by atoms with Gasteiger partial charge in [-0.25, -0.2) is 14.8 Å². The van der Waals surface area contributed by atoms with E-state index in [9.17, 15) is 24.3 Å². The van der Waals surface area contributed by atoms with Gasteiger partial charge in [-0.15, -0.1) is 0 Å². The van der Waals surface area contributed by atoms with Crippen molar-refractivity contribution in [1.29, 1.82) is 0 Å². The van der Waals surface area contributed by atoms with Gasteiger partial charge in [-0.1, -0.05) is 43.7 Å². The van der Waals surface area contributed by atoms with Gasteiger partial charge in [-0.3, -0.25) is 14.4 Å². The van der Waals surface area contributed by atoms with Crippen LogP contribution >= 0.6 is 0 Å². The Kier molecular flexibility index (Phi) is 8.13. The maximum absolute atomic E-state index is 13.1. The highest BCUT2D eigenvalue weighted by Crippen LogP contribution is 2.52. The molecule has 212 valence electrons. The van der Waals surface area contributed by atoms with Crippen LogP contribution < -0.4 is 10.2 Å². The van der Waals surface area contributed by atoms with Gasteiger partial charge in [0.15, 0.2) is 5.82 Å². The summed E-state index contributed by atoms with van der Waals surface area (Å²) in [6, 6.07) is 10.9. The number of nitrogens with zero attached hydrogens (tertiary/aromatic N) is 5. The van der Waals surface area contributed by atoms with E-state index in [1.807, 2.05) is 42.2 Å². The lowest BCUT2D eigenvalue weighted by Gasteiger charge is -2.34. The third kappa shape index (κ3) is 6.00. The number of hydrogen-bond donors (Lipinski definition) is 2. The third-order valence-electron chi connectivity index (χ3n) is 7.79. The lowest BCUT2D eigenvalue weighted by molar-refractivity contribution is -0.139. The molecule has 5 rings (SSSR count). The van der Waals surface area contributed by atoms with Crippen LogP contribution in [-0.4, -0.2) is 101 Å². The molecule has 1 saturated carbocycles. The molecule has 12 heteroatoms. The van der Waals surface area contributed by atoms with Crippen molar-refractivity contribution in [3.63, 3.8) is 0 Å². The first kappa shape index (κ1) is 27.4. The van der Waals surface area contributed by atoms with Crippen LogP contribution in [0.1, 0.15) is 30.3 Å². The maximum Gasteiger partial charge on any atom is 0.409 e. The van der Waals surface area contributed by atoms with Crippen LogP contribution in [0, 0.1) is 17.8 Å². The SMILES string of the molecule is CCCCOC(=O)N1CCN(C(=O)CNC(=O)c2cc(N3C[C@@H]4C(C(=O)O)[C@@H]4C3)nc(-c3ccccc3)n2)CC1. The molecular weight excluding hydrogens is 516 g/mol. The minimum Gasteiger partial charge on any atom is -0.481 e. The number of unbranched alkanes of at least 4 members (excludes halogenated alkanes) is 1. The Labute approximate surface area is 232 Å². The molecule has 1 aliphatic carbocycles. The average Bonchev–Trinajstić information content (AvgIpc) is 3.50. The molecule has 1 aromatic heterocycles. The first-order valence-corrected chi connectivity index (χ1v) is 13.8. The van der Waals surface area contributed by atoms with Gasteiger partial charge in [0.05, 0.1) is 19.1 Å². The van der Waals surface area contributed by atoms with Crippen LogP contribution in [0.3, 0.4) is 0 Å². The molecule has 1 aromatic carbocycles. The molecule has 0 bridgehead atoms. The second-order valence-electron chi connectivity index (χ2n) is 10.4. The zero-order valence-corrected chi connectivity index (χ0v) is 22.5. The molecule has 3 aliphatic rings. The number of amides is 3. The molecule has 0 radical (unpaired) electrons. The van der Waals surface area contributed by atoms with Crippen molar-refractivity contribution in [2.75, 3.05) is 57.3 Å². The van der Waals surface area contributed by atoms with Gasteiger partial charge in [0, 0.05) is 50.9 Å². The van der Waals surface area contributed by atoms with E-state index in [2.05, 4.69) is 15.3 Å². The number of rotatable bonds is 9. The van der Waals surface area contributed by atoms with Crippen molar-refractivity contribution >= 4 is 29.7 Å². The predicted molar refractivity (Wildman–Crippen MR) is 145 cm³/mol. The molecular formula is C28H34N6O6. The summed E-state index contributed by atoms with van der Waals surface area (Å²) in [6.07, 6.45) is 1.39. The molecule has 3 atom stereocenters. The van der Waals surface area contributed by atoms with Crippen molar-refractivity contribution in [1.82, 2.24) is 25.1 Å². The number of hydrogen-bond acceptors (Lipinski definition) is 8. The Morgan fingerprint density at radius 2 is 1.68 bits per heavy atom. The molecule has 3 amide bonds. The number of fused-ring (bicyclic) bond motifs is 1. The quantitative estimate of drug-likeness (QED) is 0.446. The van der Waals surface area contributed by atoms with E-state index < -0.39 is 11.9 Å². The number of aliphatic carboxylic acids is 1. The zero-order valence-electron chi connectivity index (χ0n) is 22.5. The number of carboxylic acids is 1. The number of piperazine rings is 1. The van der Waals surface area contributed by atoms with Gasteiger partial charge in [0.2, 0.25) is 5.91 Å². The van der Waals surface area contributed by atoms with Crippen molar-refractivity contribution in [3.05, 3.63) is 42.1 Å². The lowest BCUT2D eigenvalue weighted by atomic mass is 10.2. The predicted octanol–water partition coefficient (Wildman–Crippen LogP) is 1.72. The monoisotopic (exact) mass is 550 g/mol. The number of carbonyl (C=O) groups is 4. The topological polar surface area (TPSA) is 145 Å². The van der Waals surface area contributed by atoms with E-state index in [-0.39, 0.29) is 42.0 Å². The maximum atomic E-state index is 13.1. The molecule has 12 nitrogen and oxygen atoms in total. The van der Waals surface area contributed by atoms with E-state index in [1.165, 1.54) is 0 Å². The fourth-order valence-corrected chi connectivity index (χ4v) is 5.40. The number of ether oxygens (including phenoxy) is 1. The van der Waals surface area contributed by atoms with E-state index in [0.717, 1.165) is 18.4 Å². The largest absolute Gasteiger partial charge is 0.481 e. The summed E-state index contributed by atoms with van der Waals surface area (Å²) in [5, 5.41) is 12.0. The number of nitrogens with one attached hydrogen (secondary N) is 1. The van der Waals surface area contributed by atoms with E-state index in [4.69, 9.17) is 4.74 Å². The molecule has 2 N–H and O–H groups in total. The van der Waals surface area contributed by atoms with Gasteiger partial charge >= 0.3 is 12.1 Å². The third-order valence-corrected chi connectivity index (χ3v) is 7.79. The van der Waals surface area contributed by atoms with Gasteiger partial charge in [0.1, 0.15) is 11.5 Å². The lowest BCUT2D eigenvalue weighted by Crippen LogP contribution is -2.52. The highest BCUT2D eigenvalue weighted by Gasteiger charge is 2.60. The number of anilines is 1. The minimum atomic E-state index is -0.764. The van der Waals surface area contributed by atoms with E-state index in [0.29, 0.717) is 57.5 Å². The van der Waals surface area contributed by atoms with Crippen LogP contribution in [-0.2, 0) is 14.3 Å². The second-order valence-corrected chi connectivity index (χ2v) is 10.4. The summed E-state index contributed by atoms with van der Waals surface area (Å²) < 4.78 is 5.24. The zero-order chi connectivity index (χ0) is 28.2. The Bertz CT molecular complexity index is 1250. The standard InChI is InChI=1S/C28H34N6O6/c1-2-3-13-40-28(39)33-11-9-32(10-12-33)23(35)15-29-26(36)21-14-22(31-25(30-21)18-7-5-4-6-8-18)34-16-19-20(17-34)24(19)27(37)38/h4-8,14,19-20,24H,2-3,9-13,15-17H2,1H3,(H,29,36)(H,37,38)/t19-,20+,24?. The summed E-state index contributed by atoms with van der Waals surface area (Å²) >= 11 is 0. The number of aromatic nitrogens is 2. The van der Waals surface area contributed by atoms with Gasteiger partial charge in [-0.05, 0) is 18.3 Å². The summed E-state index contributed by atoms with van der Waals surface area (Å²) in [4.78, 5) is 63.8. The van der Waals surface area contributed by atoms with Crippen LogP contribution in [0.4, 0.5) is 10.6 Å².